The maximum atomic E-state index is 13.7. The Morgan fingerprint density at radius 1 is 1.29 bits per heavy atom. The lowest BCUT2D eigenvalue weighted by Crippen LogP contribution is -2.50. The molecule has 0 saturated carbocycles. The monoisotopic (exact) mass is 422 g/mol. The average molecular weight is 423 g/mol. The molecule has 31 heavy (non-hydrogen) atoms. The van der Waals surface area contributed by atoms with Crippen LogP contribution in [0.15, 0.2) is 42.9 Å². The maximum absolute atomic E-state index is 13.7. The summed E-state index contributed by atoms with van der Waals surface area (Å²) < 4.78 is 13.7. The maximum Gasteiger partial charge on any atom is 0.240 e. The first-order valence-electron chi connectivity index (χ1n) is 10.8. The van der Waals surface area contributed by atoms with Crippen LogP contribution in [0.3, 0.4) is 0 Å². The lowest BCUT2D eigenvalue weighted by atomic mass is 9.90. The van der Waals surface area contributed by atoms with Gasteiger partial charge in [0.2, 0.25) is 11.9 Å². The fourth-order valence-electron chi connectivity index (χ4n) is 5.19. The Morgan fingerprint density at radius 2 is 2.06 bits per heavy atom. The largest absolute Gasteiger partial charge is 0.361 e. The van der Waals surface area contributed by atoms with E-state index < -0.39 is 6.04 Å². The molecule has 0 unspecified atom stereocenters. The first-order chi connectivity index (χ1) is 15.0. The smallest absolute Gasteiger partial charge is 0.240 e. The fourth-order valence-corrected chi connectivity index (χ4v) is 5.19. The predicted octanol–water partition coefficient (Wildman–Crippen LogP) is 2.65. The highest BCUT2D eigenvalue weighted by Crippen LogP contribution is 2.44. The third kappa shape index (κ3) is 3.26. The fraction of sp³-hybridized carbons (Fsp3) is 0.435. The molecule has 2 aliphatic rings. The molecular formula is C23H27FN6O. The average Bonchev–Trinajstić information content (AvgIpc) is 3.46. The van der Waals surface area contributed by atoms with Gasteiger partial charge in [-0.3, -0.25) is 4.79 Å². The quantitative estimate of drug-likeness (QED) is 0.675. The second-order valence-corrected chi connectivity index (χ2v) is 8.89. The van der Waals surface area contributed by atoms with Gasteiger partial charge in [-0.2, -0.15) is 0 Å². The molecule has 0 bridgehead atoms. The normalized spacial score (nSPS) is 24.2. The molecule has 7 nitrogen and oxygen atoms in total. The van der Waals surface area contributed by atoms with Gasteiger partial charge in [-0.05, 0) is 42.2 Å². The number of nitrogens with one attached hydrogen (secondary N) is 1. The molecule has 2 aliphatic heterocycles. The molecular weight excluding hydrogens is 395 g/mol. The molecule has 162 valence electrons. The summed E-state index contributed by atoms with van der Waals surface area (Å²) in [6, 6.07) is 6.15. The molecule has 0 spiro atoms. The van der Waals surface area contributed by atoms with Crippen LogP contribution in [0.1, 0.15) is 31.7 Å². The number of carbonyl (C=O) groups is 1. The Balaban J connectivity index is 1.57. The summed E-state index contributed by atoms with van der Waals surface area (Å²) in [5.74, 6) is 0.502. The first kappa shape index (κ1) is 19.9. The van der Waals surface area contributed by atoms with Crippen LogP contribution in [0.25, 0.3) is 10.9 Å². The van der Waals surface area contributed by atoms with Gasteiger partial charge in [0.25, 0.3) is 0 Å². The van der Waals surface area contributed by atoms with Gasteiger partial charge in [-0.25, -0.2) is 14.4 Å². The highest BCUT2D eigenvalue weighted by atomic mass is 19.1. The number of fused-ring (bicyclic) bond motifs is 2. The molecule has 3 aromatic rings. The van der Waals surface area contributed by atoms with Crippen LogP contribution in [0.4, 0.5) is 10.3 Å². The van der Waals surface area contributed by atoms with Gasteiger partial charge >= 0.3 is 0 Å². The van der Waals surface area contributed by atoms with Gasteiger partial charge in [0, 0.05) is 48.5 Å². The predicted molar refractivity (Wildman–Crippen MR) is 117 cm³/mol. The number of aromatic nitrogens is 3. The standard InChI is InChI=1S/C23H27FN6O/c1-13(2)20(25)22(31)29-9-6-19-21(29)17(12-30(19)23-26-7-3-8-27-23)16-11-28-18-10-14(24)4-5-15(16)18/h3-5,7-8,10-11,13,17,19-21,28H,6,9,12,25H2,1-2H3/t17-,19-,20+,21-/m1/s1. The van der Waals surface area contributed by atoms with Crippen molar-refractivity contribution in [2.45, 2.75) is 44.3 Å². The van der Waals surface area contributed by atoms with Crippen LogP contribution in [0.2, 0.25) is 0 Å². The summed E-state index contributed by atoms with van der Waals surface area (Å²) in [7, 11) is 0. The Hall–Kier alpha value is -3.00. The molecule has 5 rings (SSSR count). The Bertz CT molecular complexity index is 1100. The van der Waals surface area contributed by atoms with Crippen LogP contribution < -0.4 is 10.6 Å². The minimum Gasteiger partial charge on any atom is -0.361 e. The Labute approximate surface area is 180 Å². The SMILES string of the molecule is CC(C)[C@H](N)C(=O)N1CC[C@@H]2[C@H]1[C@@H](c1c[nH]c3cc(F)ccc13)CN2c1ncccn1. The second-order valence-electron chi connectivity index (χ2n) is 8.89. The number of likely N-dealkylation sites (tertiary alicyclic amines) is 1. The van der Waals surface area contributed by atoms with Crippen LogP contribution >= 0.6 is 0 Å². The van der Waals surface area contributed by atoms with Crippen molar-refractivity contribution >= 4 is 22.8 Å². The summed E-state index contributed by atoms with van der Waals surface area (Å²) in [6.45, 7) is 5.29. The van der Waals surface area contributed by atoms with E-state index in [-0.39, 0.29) is 35.6 Å². The summed E-state index contributed by atoms with van der Waals surface area (Å²) in [4.78, 5) is 29.6. The topological polar surface area (TPSA) is 91.1 Å². The Kier molecular flexibility index (Phi) is 4.89. The minimum absolute atomic E-state index is 0.00536. The van der Waals surface area contributed by atoms with E-state index in [2.05, 4.69) is 19.9 Å². The lowest BCUT2D eigenvalue weighted by molar-refractivity contribution is -0.134. The van der Waals surface area contributed by atoms with E-state index in [0.717, 1.165) is 22.9 Å². The molecule has 4 heterocycles. The van der Waals surface area contributed by atoms with Crippen molar-refractivity contribution < 1.29 is 9.18 Å². The van der Waals surface area contributed by atoms with Crippen molar-refractivity contribution in [1.82, 2.24) is 19.9 Å². The van der Waals surface area contributed by atoms with Crippen LogP contribution in [-0.2, 0) is 4.79 Å². The van der Waals surface area contributed by atoms with E-state index in [9.17, 15) is 9.18 Å². The third-order valence-corrected chi connectivity index (χ3v) is 6.80. The van der Waals surface area contributed by atoms with Gasteiger partial charge in [0.05, 0.1) is 18.1 Å². The number of rotatable bonds is 4. The van der Waals surface area contributed by atoms with E-state index in [0.29, 0.717) is 19.0 Å². The zero-order valence-corrected chi connectivity index (χ0v) is 17.7. The molecule has 3 N–H and O–H groups in total. The van der Waals surface area contributed by atoms with E-state index in [1.54, 1.807) is 18.5 Å². The van der Waals surface area contributed by atoms with E-state index in [1.165, 1.54) is 12.1 Å². The Morgan fingerprint density at radius 3 is 2.81 bits per heavy atom. The zero-order chi connectivity index (χ0) is 21.7. The first-order valence-corrected chi connectivity index (χ1v) is 10.8. The second kappa shape index (κ2) is 7.60. The highest BCUT2D eigenvalue weighted by molar-refractivity contribution is 5.86. The number of halogens is 1. The number of amides is 1. The number of nitrogens with two attached hydrogens (primary N) is 1. The minimum atomic E-state index is -0.529. The molecule has 1 aromatic carbocycles. The summed E-state index contributed by atoms with van der Waals surface area (Å²) in [5.41, 5.74) is 8.11. The van der Waals surface area contributed by atoms with Crippen molar-refractivity contribution in [3.05, 3.63) is 54.2 Å². The van der Waals surface area contributed by atoms with E-state index in [1.807, 2.05) is 31.0 Å². The third-order valence-electron chi connectivity index (χ3n) is 6.80. The molecule has 4 atom stereocenters. The summed E-state index contributed by atoms with van der Waals surface area (Å²) in [6.07, 6.45) is 6.27. The van der Waals surface area contributed by atoms with E-state index in [4.69, 9.17) is 5.73 Å². The molecule has 2 aromatic heterocycles. The van der Waals surface area contributed by atoms with Crippen molar-refractivity contribution in [2.24, 2.45) is 11.7 Å². The highest BCUT2D eigenvalue weighted by Gasteiger charge is 2.52. The number of hydrogen-bond donors (Lipinski definition) is 2. The van der Waals surface area contributed by atoms with Crippen molar-refractivity contribution in [1.29, 1.82) is 0 Å². The molecule has 2 fully saturated rings. The number of hydrogen-bond acceptors (Lipinski definition) is 5. The molecule has 8 heteroatoms. The van der Waals surface area contributed by atoms with Gasteiger partial charge in [0.15, 0.2) is 0 Å². The molecule has 0 radical (unpaired) electrons. The summed E-state index contributed by atoms with van der Waals surface area (Å²) in [5, 5.41) is 0.980. The van der Waals surface area contributed by atoms with Crippen molar-refractivity contribution in [3.63, 3.8) is 0 Å². The van der Waals surface area contributed by atoms with Crippen LogP contribution in [-0.4, -0.2) is 57.0 Å². The van der Waals surface area contributed by atoms with Crippen molar-refractivity contribution in [3.8, 4) is 0 Å². The van der Waals surface area contributed by atoms with Gasteiger partial charge in [-0.15, -0.1) is 0 Å². The lowest BCUT2D eigenvalue weighted by Gasteiger charge is -2.31. The number of anilines is 1. The van der Waals surface area contributed by atoms with E-state index >= 15 is 0 Å². The van der Waals surface area contributed by atoms with Crippen LogP contribution in [0.5, 0.6) is 0 Å². The molecule has 2 saturated heterocycles. The molecule has 1 amide bonds. The number of carbonyl (C=O) groups excluding carboxylic acids is 1. The summed E-state index contributed by atoms with van der Waals surface area (Å²) >= 11 is 0. The van der Waals surface area contributed by atoms with Gasteiger partial charge in [0.1, 0.15) is 5.82 Å². The molecule has 0 aliphatic carbocycles. The number of aromatic amines is 1. The van der Waals surface area contributed by atoms with Crippen molar-refractivity contribution in [2.75, 3.05) is 18.0 Å². The number of benzene rings is 1. The van der Waals surface area contributed by atoms with Gasteiger partial charge in [-0.1, -0.05) is 13.8 Å². The zero-order valence-electron chi connectivity index (χ0n) is 17.7. The number of nitrogens with zero attached hydrogens (tertiary/aromatic N) is 4. The number of H-pyrrole nitrogens is 1. The van der Waals surface area contributed by atoms with Crippen LogP contribution in [0, 0.1) is 11.7 Å². The van der Waals surface area contributed by atoms with Gasteiger partial charge < -0.3 is 20.5 Å².